The zero-order chi connectivity index (χ0) is 13.3. The van der Waals surface area contributed by atoms with Crippen LogP contribution in [0.2, 0.25) is 0 Å². The Hall–Kier alpha value is -1.25. The van der Waals surface area contributed by atoms with Gasteiger partial charge >= 0.3 is 5.63 Å². The van der Waals surface area contributed by atoms with Crippen molar-refractivity contribution in [3.63, 3.8) is 0 Å². The van der Waals surface area contributed by atoms with Gasteiger partial charge in [0.05, 0.1) is 18.4 Å². The third kappa shape index (κ3) is 2.18. The van der Waals surface area contributed by atoms with Crippen LogP contribution in [0, 0.1) is 0 Å². The summed E-state index contributed by atoms with van der Waals surface area (Å²) in [5, 5.41) is 38.0. The molecule has 0 aromatic carbocycles. The molecule has 1 fully saturated rings. The van der Waals surface area contributed by atoms with Crippen LogP contribution in [0.3, 0.4) is 0 Å². The second kappa shape index (κ2) is 5.17. The molecular weight excluding hydrogens is 244 g/mol. The van der Waals surface area contributed by atoms with Gasteiger partial charge in [-0.2, -0.15) is 0 Å². The highest BCUT2D eigenvalue weighted by Crippen LogP contribution is 2.30. The van der Waals surface area contributed by atoms with Crippen molar-refractivity contribution in [2.45, 2.75) is 30.5 Å². The monoisotopic (exact) mass is 258 g/mol. The number of hydrogen-bond acceptors (Lipinski definition) is 7. The van der Waals surface area contributed by atoms with Gasteiger partial charge in [-0.3, -0.25) is 0 Å². The van der Waals surface area contributed by atoms with Gasteiger partial charge in [-0.05, 0) is 12.1 Å². The van der Waals surface area contributed by atoms with Crippen molar-refractivity contribution in [1.82, 2.24) is 0 Å². The predicted molar refractivity (Wildman–Crippen MR) is 57.7 cm³/mol. The Labute approximate surface area is 102 Å². The summed E-state index contributed by atoms with van der Waals surface area (Å²) >= 11 is 0. The van der Waals surface area contributed by atoms with Crippen LogP contribution in [0.4, 0.5) is 0 Å². The summed E-state index contributed by atoms with van der Waals surface area (Å²) in [6.45, 7) is -0.542. The molecule has 0 radical (unpaired) electrons. The number of rotatable bonds is 2. The Morgan fingerprint density at radius 3 is 2.50 bits per heavy atom. The van der Waals surface area contributed by atoms with E-state index in [9.17, 15) is 20.1 Å². The first-order valence-electron chi connectivity index (χ1n) is 5.44. The molecule has 2 rings (SSSR count). The maximum absolute atomic E-state index is 11.5. The molecule has 0 unspecified atom stereocenters. The fourth-order valence-electron chi connectivity index (χ4n) is 1.95. The molecule has 0 bridgehead atoms. The summed E-state index contributed by atoms with van der Waals surface area (Å²) in [6, 6.07) is 2.83. The molecule has 1 aliphatic heterocycles. The summed E-state index contributed by atoms with van der Waals surface area (Å²) in [7, 11) is 0. The van der Waals surface area contributed by atoms with Crippen molar-refractivity contribution >= 4 is 0 Å². The van der Waals surface area contributed by atoms with E-state index in [1.165, 1.54) is 18.4 Å². The van der Waals surface area contributed by atoms with E-state index in [-0.39, 0.29) is 5.56 Å². The largest absolute Gasteiger partial charge is 0.431 e. The average molecular weight is 258 g/mol. The second-order valence-electron chi connectivity index (χ2n) is 4.11. The lowest BCUT2D eigenvalue weighted by atomic mass is 9.92. The van der Waals surface area contributed by atoms with Gasteiger partial charge in [0.2, 0.25) is 0 Å². The van der Waals surface area contributed by atoms with Crippen LogP contribution < -0.4 is 5.63 Å². The molecule has 18 heavy (non-hydrogen) atoms. The summed E-state index contributed by atoms with van der Waals surface area (Å²) in [5.41, 5.74) is -0.684. The lowest BCUT2D eigenvalue weighted by Gasteiger charge is -2.39. The standard InChI is InChI=1S/C11H14O7/c12-4-6-7(13)8(14)9(15)10(18-6)5-2-1-3-17-11(5)16/h1-3,6-10,12-15H,4H2/t6-,7+,8+,9-,10+/m1/s1. The lowest BCUT2D eigenvalue weighted by molar-refractivity contribution is -0.232. The van der Waals surface area contributed by atoms with E-state index in [0.29, 0.717) is 0 Å². The van der Waals surface area contributed by atoms with Crippen LogP contribution in [-0.2, 0) is 4.74 Å². The molecule has 0 aliphatic carbocycles. The van der Waals surface area contributed by atoms with Crippen molar-refractivity contribution in [2.24, 2.45) is 0 Å². The molecule has 1 aliphatic rings. The maximum atomic E-state index is 11.5. The van der Waals surface area contributed by atoms with Crippen LogP contribution >= 0.6 is 0 Å². The molecule has 1 saturated heterocycles. The highest BCUT2D eigenvalue weighted by atomic mass is 16.5. The molecule has 7 nitrogen and oxygen atoms in total. The SMILES string of the molecule is O=c1occcc1[C@@H]1O[C@H](CO)[C@H](O)[C@H](O)[C@H]1O. The van der Waals surface area contributed by atoms with Gasteiger partial charge < -0.3 is 29.6 Å². The third-order valence-corrected chi connectivity index (χ3v) is 2.96. The highest BCUT2D eigenvalue weighted by molar-refractivity contribution is 5.15. The molecule has 100 valence electrons. The van der Waals surface area contributed by atoms with E-state index >= 15 is 0 Å². The third-order valence-electron chi connectivity index (χ3n) is 2.96. The lowest BCUT2D eigenvalue weighted by Crippen LogP contribution is -2.55. The first-order chi connectivity index (χ1) is 8.56. The summed E-state index contributed by atoms with van der Waals surface area (Å²) in [5.74, 6) is 0. The van der Waals surface area contributed by atoms with Crippen LogP contribution in [0.25, 0.3) is 0 Å². The van der Waals surface area contributed by atoms with Crippen LogP contribution in [0.15, 0.2) is 27.6 Å². The summed E-state index contributed by atoms with van der Waals surface area (Å²) < 4.78 is 9.86. The predicted octanol–water partition coefficient (Wildman–Crippen LogP) is -1.85. The van der Waals surface area contributed by atoms with Crippen molar-refractivity contribution in [1.29, 1.82) is 0 Å². The van der Waals surface area contributed by atoms with Crippen molar-refractivity contribution < 1.29 is 29.6 Å². The molecule has 1 aromatic heterocycles. The van der Waals surface area contributed by atoms with Crippen LogP contribution in [-0.4, -0.2) is 51.4 Å². The number of ether oxygens (including phenoxy) is 1. The molecule has 4 N–H and O–H groups in total. The number of aliphatic hydroxyl groups excluding tert-OH is 4. The summed E-state index contributed by atoms with van der Waals surface area (Å²) in [4.78, 5) is 11.5. The van der Waals surface area contributed by atoms with Crippen LogP contribution in [0.5, 0.6) is 0 Å². The molecule has 0 spiro atoms. The van der Waals surface area contributed by atoms with Crippen molar-refractivity contribution in [3.8, 4) is 0 Å². The second-order valence-corrected chi connectivity index (χ2v) is 4.11. The van der Waals surface area contributed by atoms with Gasteiger partial charge in [-0.25, -0.2) is 4.79 Å². The fraction of sp³-hybridized carbons (Fsp3) is 0.545. The minimum absolute atomic E-state index is 0.0226. The van der Waals surface area contributed by atoms with E-state index < -0.39 is 42.8 Å². The number of hydrogen-bond donors (Lipinski definition) is 4. The zero-order valence-corrected chi connectivity index (χ0v) is 9.34. The smallest absolute Gasteiger partial charge is 0.341 e. The first-order valence-corrected chi connectivity index (χ1v) is 5.44. The molecular formula is C11H14O7. The molecule has 2 heterocycles. The van der Waals surface area contributed by atoms with Gasteiger partial charge in [0, 0.05) is 0 Å². The van der Waals surface area contributed by atoms with Crippen LogP contribution in [0.1, 0.15) is 11.7 Å². The van der Waals surface area contributed by atoms with E-state index in [0.717, 1.165) is 0 Å². The van der Waals surface area contributed by atoms with Gasteiger partial charge in [0.15, 0.2) is 0 Å². The van der Waals surface area contributed by atoms with Gasteiger partial charge in [0.25, 0.3) is 0 Å². The average Bonchev–Trinajstić information content (AvgIpc) is 2.38. The molecule has 5 atom stereocenters. The Morgan fingerprint density at radius 1 is 1.17 bits per heavy atom. The zero-order valence-electron chi connectivity index (χ0n) is 9.34. The van der Waals surface area contributed by atoms with Gasteiger partial charge in [0.1, 0.15) is 30.5 Å². The molecule has 7 heteroatoms. The normalized spacial score (nSPS) is 36.6. The Morgan fingerprint density at radius 2 is 1.89 bits per heavy atom. The van der Waals surface area contributed by atoms with E-state index in [1.807, 2.05) is 0 Å². The van der Waals surface area contributed by atoms with E-state index in [4.69, 9.17) is 9.84 Å². The van der Waals surface area contributed by atoms with Gasteiger partial charge in [-0.1, -0.05) is 0 Å². The van der Waals surface area contributed by atoms with Crippen molar-refractivity contribution in [2.75, 3.05) is 6.61 Å². The molecule has 0 saturated carbocycles. The number of aliphatic hydroxyl groups is 4. The fourth-order valence-corrected chi connectivity index (χ4v) is 1.95. The van der Waals surface area contributed by atoms with E-state index in [2.05, 4.69) is 4.42 Å². The Balaban J connectivity index is 2.33. The summed E-state index contributed by atoms with van der Waals surface area (Å²) in [6.07, 6.45) is -5.47. The minimum atomic E-state index is -1.51. The molecule has 0 amide bonds. The quantitative estimate of drug-likeness (QED) is 0.491. The van der Waals surface area contributed by atoms with E-state index in [1.54, 1.807) is 0 Å². The Kier molecular flexibility index (Phi) is 3.79. The highest BCUT2D eigenvalue weighted by Gasteiger charge is 2.44. The maximum Gasteiger partial charge on any atom is 0.341 e. The van der Waals surface area contributed by atoms with Gasteiger partial charge in [-0.15, -0.1) is 0 Å². The minimum Gasteiger partial charge on any atom is -0.431 e. The van der Waals surface area contributed by atoms with Crippen molar-refractivity contribution in [3.05, 3.63) is 34.4 Å². The first kappa shape index (κ1) is 13.2. The topological polar surface area (TPSA) is 120 Å². The molecule has 1 aromatic rings. The Bertz CT molecular complexity index is 455.